The Morgan fingerprint density at radius 1 is 1.12 bits per heavy atom. The molecule has 0 saturated heterocycles. The van der Waals surface area contributed by atoms with Crippen LogP contribution in [0.4, 0.5) is 0 Å². The summed E-state index contributed by atoms with van der Waals surface area (Å²) in [5.74, 6) is -1.19. The summed E-state index contributed by atoms with van der Waals surface area (Å²) in [6, 6.07) is 10.1. The lowest BCUT2D eigenvalue weighted by molar-refractivity contribution is 0.0471. The van der Waals surface area contributed by atoms with Crippen LogP contribution in [0, 0.1) is 0 Å². The first kappa shape index (κ1) is 19.1. The molecule has 0 heterocycles. The van der Waals surface area contributed by atoms with E-state index in [1.807, 2.05) is 0 Å². The zero-order valence-electron chi connectivity index (χ0n) is 13.1. The monoisotopic (exact) mass is 427 g/mol. The molecule has 7 nitrogen and oxygen atoms in total. The summed E-state index contributed by atoms with van der Waals surface area (Å²) in [6.07, 6.45) is 0. The molecular weight excluding hydrogens is 414 g/mol. The van der Waals surface area contributed by atoms with Gasteiger partial charge in [0.1, 0.15) is 11.3 Å². The quantitative estimate of drug-likeness (QED) is 0.557. The average Bonchev–Trinajstić information content (AvgIpc) is 2.58. The summed E-state index contributed by atoms with van der Waals surface area (Å²) < 4.78 is 33.6. The molecule has 0 spiro atoms. The molecule has 0 atom stereocenters. The maximum atomic E-state index is 12.2. The smallest absolute Gasteiger partial charge is 0.342 e. The van der Waals surface area contributed by atoms with Gasteiger partial charge in [-0.1, -0.05) is 28.1 Å². The molecule has 2 aromatic carbocycles. The lowest BCUT2D eigenvalue weighted by Gasteiger charge is -2.10. The van der Waals surface area contributed by atoms with E-state index >= 15 is 0 Å². The number of carbonyl (C=O) groups is 2. The van der Waals surface area contributed by atoms with Crippen molar-refractivity contribution >= 4 is 37.7 Å². The molecule has 0 fully saturated rings. The fraction of sp³-hybridized carbons (Fsp3) is 0.125. The van der Waals surface area contributed by atoms with E-state index in [0.29, 0.717) is 5.56 Å². The van der Waals surface area contributed by atoms with E-state index < -0.39 is 28.4 Å². The second kappa shape index (κ2) is 7.77. The number of rotatable bonds is 6. The molecule has 0 aliphatic carbocycles. The lowest BCUT2D eigenvalue weighted by atomic mass is 10.1. The second-order valence-electron chi connectivity index (χ2n) is 4.91. The van der Waals surface area contributed by atoms with Gasteiger partial charge in [0.2, 0.25) is 10.0 Å². The third-order valence-corrected chi connectivity index (χ3v) is 4.66. The molecule has 0 unspecified atom stereocenters. The Labute approximate surface area is 152 Å². The average molecular weight is 428 g/mol. The summed E-state index contributed by atoms with van der Waals surface area (Å²) in [6.45, 7) is -0.497. The van der Waals surface area contributed by atoms with Gasteiger partial charge in [-0.25, -0.2) is 18.4 Å². The number of hydrogen-bond acceptors (Lipinski definition) is 6. The molecule has 0 aliphatic heterocycles. The van der Waals surface area contributed by atoms with Gasteiger partial charge < -0.3 is 9.47 Å². The maximum absolute atomic E-state index is 12.2. The number of Topliss-reactive ketones (excluding diaryl/α,β-unsaturated/α-hetero) is 1. The topological polar surface area (TPSA) is 113 Å². The van der Waals surface area contributed by atoms with Gasteiger partial charge in [-0.3, -0.25) is 4.79 Å². The first-order chi connectivity index (χ1) is 11.7. The lowest BCUT2D eigenvalue weighted by Crippen LogP contribution is -2.17. The maximum Gasteiger partial charge on any atom is 0.342 e. The van der Waals surface area contributed by atoms with E-state index in [1.165, 1.54) is 19.2 Å². The van der Waals surface area contributed by atoms with Crippen molar-refractivity contribution < 1.29 is 27.5 Å². The third kappa shape index (κ3) is 4.88. The van der Waals surface area contributed by atoms with Crippen LogP contribution in [0.5, 0.6) is 5.75 Å². The number of esters is 1. The van der Waals surface area contributed by atoms with Crippen LogP contribution in [0.15, 0.2) is 51.8 Å². The molecule has 0 radical (unpaired) electrons. The van der Waals surface area contributed by atoms with Crippen molar-refractivity contribution in [3.63, 3.8) is 0 Å². The van der Waals surface area contributed by atoms with Crippen LogP contribution in [0.25, 0.3) is 0 Å². The Morgan fingerprint density at radius 3 is 2.32 bits per heavy atom. The third-order valence-electron chi connectivity index (χ3n) is 3.22. The molecule has 0 aromatic heterocycles. The van der Waals surface area contributed by atoms with E-state index in [-0.39, 0.29) is 16.2 Å². The predicted molar refractivity (Wildman–Crippen MR) is 93.1 cm³/mol. The minimum absolute atomic E-state index is 0.105. The number of benzene rings is 2. The summed E-state index contributed by atoms with van der Waals surface area (Å²) in [5.41, 5.74) is 0.235. The van der Waals surface area contributed by atoms with Gasteiger partial charge in [0.25, 0.3) is 0 Å². The van der Waals surface area contributed by atoms with Crippen LogP contribution in [0.1, 0.15) is 20.7 Å². The van der Waals surface area contributed by atoms with Crippen molar-refractivity contribution in [3.8, 4) is 5.75 Å². The number of nitrogens with two attached hydrogens (primary N) is 1. The first-order valence-electron chi connectivity index (χ1n) is 6.89. The van der Waals surface area contributed by atoms with E-state index in [4.69, 9.17) is 14.6 Å². The fourth-order valence-electron chi connectivity index (χ4n) is 1.95. The number of carbonyl (C=O) groups excluding carboxylic acids is 2. The predicted octanol–water partition coefficient (Wildman–Crippen LogP) is 2.14. The molecule has 2 N–H and O–H groups in total. The number of primary sulfonamides is 1. The summed E-state index contributed by atoms with van der Waals surface area (Å²) in [4.78, 5) is 24.0. The summed E-state index contributed by atoms with van der Waals surface area (Å²) in [5, 5.41) is 5.05. The molecule has 132 valence electrons. The molecule has 25 heavy (non-hydrogen) atoms. The molecule has 0 saturated carbocycles. The summed E-state index contributed by atoms with van der Waals surface area (Å²) >= 11 is 3.26. The van der Waals surface area contributed by atoms with Gasteiger partial charge in [-0.2, -0.15) is 0 Å². The van der Waals surface area contributed by atoms with Crippen LogP contribution < -0.4 is 9.88 Å². The van der Waals surface area contributed by atoms with E-state index in [0.717, 1.165) is 10.5 Å². The van der Waals surface area contributed by atoms with Gasteiger partial charge in [0.15, 0.2) is 12.4 Å². The van der Waals surface area contributed by atoms with E-state index in [1.54, 1.807) is 24.3 Å². The van der Waals surface area contributed by atoms with Gasteiger partial charge in [0, 0.05) is 10.0 Å². The Morgan fingerprint density at radius 2 is 1.76 bits per heavy atom. The van der Waals surface area contributed by atoms with Crippen LogP contribution >= 0.6 is 15.9 Å². The number of ketones is 1. The molecular formula is C16H14BrNO6S. The number of methoxy groups -OCH3 is 1. The van der Waals surface area contributed by atoms with Crippen molar-refractivity contribution in [3.05, 3.63) is 58.1 Å². The molecule has 9 heteroatoms. The minimum atomic E-state index is -4.00. The van der Waals surface area contributed by atoms with E-state index in [2.05, 4.69) is 15.9 Å². The highest BCUT2D eigenvalue weighted by Gasteiger charge is 2.19. The fourth-order valence-corrected chi connectivity index (χ4v) is 2.76. The van der Waals surface area contributed by atoms with Gasteiger partial charge in [-0.15, -0.1) is 0 Å². The SMILES string of the molecule is COc1ccc(S(N)(=O)=O)cc1C(=O)OCC(=O)c1ccc(Br)cc1. The van der Waals surface area contributed by atoms with Gasteiger partial charge >= 0.3 is 5.97 Å². The zero-order chi connectivity index (χ0) is 18.6. The number of hydrogen-bond donors (Lipinski definition) is 1. The van der Waals surface area contributed by atoms with Crippen molar-refractivity contribution in [2.45, 2.75) is 4.90 Å². The second-order valence-corrected chi connectivity index (χ2v) is 7.39. The molecule has 0 aliphatic rings. The highest BCUT2D eigenvalue weighted by atomic mass is 79.9. The van der Waals surface area contributed by atoms with Gasteiger partial charge in [-0.05, 0) is 30.3 Å². The largest absolute Gasteiger partial charge is 0.496 e. The number of halogens is 1. The number of sulfonamides is 1. The van der Waals surface area contributed by atoms with Crippen molar-refractivity contribution in [2.24, 2.45) is 5.14 Å². The molecule has 2 rings (SSSR count). The Balaban J connectivity index is 2.17. The zero-order valence-corrected chi connectivity index (χ0v) is 15.5. The number of ether oxygens (including phenoxy) is 2. The Hall–Kier alpha value is -2.23. The first-order valence-corrected chi connectivity index (χ1v) is 9.23. The Kier molecular flexibility index (Phi) is 5.93. The van der Waals surface area contributed by atoms with Crippen LogP contribution in [0.3, 0.4) is 0 Å². The molecule has 2 aromatic rings. The van der Waals surface area contributed by atoms with Crippen LogP contribution in [-0.2, 0) is 14.8 Å². The minimum Gasteiger partial charge on any atom is -0.496 e. The highest BCUT2D eigenvalue weighted by Crippen LogP contribution is 2.23. The normalized spacial score (nSPS) is 11.0. The van der Waals surface area contributed by atoms with Crippen molar-refractivity contribution in [1.29, 1.82) is 0 Å². The van der Waals surface area contributed by atoms with Crippen LogP contribution in [0.2, 0.25) is 0 Å². The van der Waals surface area contributed by atoms with E-state index in [9.17, 15) is 18.0 Å². The molecule has 0 amide bonds. The highest BCUT2D eigenvalue weighted by molar-refractivity contribution is 9.10. The molecule has 0 bridgehead atoms. The standard InChI is InChI=1S/C16H14BrNO6S/c1-23-15-7-6-12(25(18,21)22)8-13(15)16(20)24-9-14(19)10-2-4-11(17)5-3-10/h2-8H,9H2,1H3,(H2,18,21,22). The van der Waals surface area contributed by atoms with Crippen LogP contribution in [-0.4, -0.2) is 33.9 Å². The Bertz CT molecular complexity index is 909. The van der Waals surface area contributed by atoms with Gasteiger partial charge in [0.05, 0.1) is 12.0 Å². The summed E-state index contributed by atoms with van der Waals surface area (Å²) in [7, 11) is -2.68. The van der Waals surface area contributed by atoms with Crippen molar-refractivity contribution in [2.75, 3.05) is 13.7 Å². The van der Waals surface area contributed by atoms with Crippen molar-refractivity contribution in [1.82, 2.24) is 0 Å².